The first-order valence-corrected chi connectivity index (χ1v) is 14.5. The smallest absolute Gasteiger partial charge is 0.335 e. The van der Waals surface area contributed by atoms with E-state index >= 15 is 0 Å². The van der Waals surface area contributed by atoms with Crippen LogP contribution in [0.25, 0.3) is 0 Å². The second kappa shape index (κ2) is 14.6. The highest BCUT2D eigenvalue weighted by molar-refractivity contribution is 7.88. The highest BCUT2D eigenvalue weighted by atomic mass is 35.5. The fraction of sp³-hybridized carbons (Fsp3) is 0.259. The van der Waals surface area contributed by atoms with E-state index in [4.69, 9.17) is 22.4 Å². The van der Waals surface area contributed by atoms with E-state index in [2.05, 4.69) is 15.4 Å². The molecule has 2 amide bonds. The van der Waals surface area contributed by atoms with E-state index in [9.17, 15) is 28.0 Å². The van der Waals surface area contributed by atoms with E-state index in [1.54, 1.807) is 30.3 Å². The number of amides is 2. The van der Waals surface area contributed by atoms with Gasteiger partial charge in [0.05, 0.1) is 17.9 Å². The molecule has 0 saturated carbocycles. The Morgan fingerprint density at radius 2 is 1.76 bits per heavy atom. The molecule has 1 unspecified atom stereocenters. The van der Waals surface area contributed by atoms with Crippen LogP contribution < -0.4 is 25.8 Å². The van der Waals surface area contributed by atoms with Crippen LogP contribution in [-0.2, 0) is 44.9 Å². The van der Waals surface area contributed by atoms with Gasteiger partial charge in [0.25, 0.3) is 0 Å². The van der Waals surface area contributed by atoms with Crippen molar-refractivity contribution in [3.8, 4) is 0 Å². The number of aryl methyl sites for hydroxylation is 1. The lowest BCUT2D eigenvalue weighted by atomic mass is 10.1. The Balaban J connectivity index is 1.66. The zero-order valence-corrected chi connectivity index (χ0v) is 23.5. The summed E-state index contributed by atoms with van der Waals surface area (Å²) in [6, 6.07) is 13.8. The SMILES string of the molecule is NCc1ccc(Cl)cc1CNC(=O)CNC(=O)C(CCc1cccc[n+]1[O-])NS(=O)(=O)Cc1ccc(C(=O)O)cc1. The fourth-order valence-corrected chi connectivity index (χ4v) is 5.49. The fourth-order valence-electron chi connectivity index (χ4n) is 3.92. The molecule has 12 nitrogen and oxygen atoms in total. The number of hydrogen-bond donors (Lipinski definition) is 5. The summed E-state index contributed by atoms with van der Waals surface area (Å²) >= 11 is 6.02. The van der Waals surface area contributed by atoms with E-state index in [0.29, 0.717) is 21.0 Å². The lowest BCUT2D eigenvalue weighted by Gasteiger charge is -2.18. The molecule has 14 heteroatoms. The van der Waals surface area contributed by atoms with E-state index in [0.717, 1.165) is 11.1 Å². The number of hydrogen-bond acceptors (Lipinski definition) is 7. The van der Waals surface area contributed by atoms with Gasteiger partial charge >= 0.3 is 5.97 Å². The third kappa shape index (κ3) is 9.83. The summed E-state index contributed by atoms with van der Waals surface area (Å²) in [6.45, 7) is -0.0649. The molecule has 0 aliphatic heterocycles. The first-order chi connectivity index (χ1) is 19.5. The normalized spacial score (nSPS) is 12.0. The highest BCUT2D eigenvalue weighted by Gasteiger charge is 2.26. The van der Waals surface area contributed by atoms with Crippen molar-refractivity contribution < 1.29 is 32.6 Å². The summed E-state index contributed by atoms with van der Waals surface area (Å²) in [5.41, 5.74) is 7.86. The first-order valence-electron chi connectivity index (χ1n) is 12.5. The van der Waals surface area contributed by atoms with Gasteiger partial charge in [-0.05, 0) is 47.4 Å². The lowest BCUT2D eigenvalue weighted by Crippen LogP contribution is -2.49. The number of carbonyl (C=O) groups excluding carboxylic acids is 2. The Bertz CT molecular complexity index is 1500. The van der Waals surface area contributed by atoms with Crippen LogP contribution >= 0.6 is 11.6 Å². The van der Waals surface area contributed by atoms with Crippen molar-refractivity contribution >= 4 is 39.4 Å². The molecule has 0 spiro atoms. The number of benzene rings is 2. The number of halogens is 1. The first kappa shape index (κ1) is 31.5. The second-order valence-electron chi connectivity index (χ2n) is 9.10. The number of rotatable bonds is 14. The maximum absolute atomic E-state index is 13.0. The average Bonchev–Trinajstić information content (AvgIpc) is 2.93. The van der Waals surface area contributed by atoms with Gasteiger partial charge in [-0.15, -0.1) is 0 Å². The molecule has 0 radical (unpaired) electrons. The number of carbonyl (C=O) groups is 3. The number of aromatic carboxylic acids is 1. The van der Waals surface area contributed by atoms with Crippen LogP contribution in [-0.4, -0.2) is 43.9 Å². The third-order valence-corrected chi connectivity index (χ3v) is 7.67. The summed E-state index contributed by atoms with van der Waals surface area (Å²) < 4.78 is 28.8. The number of nitrogens with one attached hydrogen (secondary N) is 3. The van der Waals surface area contributed by atoms with Crippen LogP contribution in [0, 0.1) is 5.21 Å². The minimum absolute atomic E-state index is 0.00182. The zero-order valence-electron chi connectivity index (χ0n) is 21.9. The molecule has 0 aliphatic rings. The number of nitrogens with zero attached hydrogens (tertiary/aromatic N) is 1. The number of aromatic nitrogens is 1. The second-order valence-corrected chi connectivity index (χ2v) is 11.3. The molecule has 0 bridgehead atoms. The van der Waals surface area contributed by atoms with Crippen LogP contribution in [0.5, 0.6) is 0 Å². The molecule has 0 fully saturated rings. The minimum atomic E-state index is -4.09. The van der Waals surface area contributed by atoms with Gasteiger partial charge in [-0.1, -0.05) is 35.9 Å². The van der Waals surface area contributed by atoms with Gasteiger partial charge in [-0.3, -0.25) is 9.59 Å². The minimum Gasteiger partial charge on any atom is -0.619 e. The molecule has 3 aromatic rings. The van der Waals surface area contributed by atoms with Crippen molar-refractivity contribution in [1.29, 1.82) is 0 Å². The lowest BCUT2D eigenvalue weighted by molar-refractivity contribution is -0.614. The van der Waals surface area contributed by atoms with Crippen LogP contribution in [0.4, 0.5) is 0 Å². The van der Waals surface area contributed by atoms with Gasteiger partial charge in [0, 0.05) is 36.7 Å². The Morgan fingerprint density at radius 3 is 2.41 bits per heavy atom. The number of sulfonamides is 1. The van der Waals surface area contributed by atoms with Gasteiger partial charge in [0.2, 0.25) is 21.8 Å². The molecule has 2 aromatic carbocycles. The van der Waals surface area contributed by atoms with Crippen molar-refractivity contribution in [2.45, 2.75) is 37.7 Å². The zero-order chi connectivity index (χ0) is 30.0. The Morgan fingerprint density at radius 1 is 1.02 bits per heavy atom. The molecule has 1 atom stereocenters. The van der Waals surface area contributed by atoms with Crippen LogP contribution in [0.15, 0.2) is 66.9 Å². The summed E-state index contributed by atoms with van der Waals surface area (Å²) in [5.74, 6) is -2.96. The summed E-state index contributed by atoms with van der Waals surface area (Å²) in [4.78, 5) is 36.5. The standard InChI is InChI=1S/C27H30ClN5O7S/c28-22-9-8-20(14-29)21(13-22)15-30-25(34)16-31-26(35)24(11-10-23-3-1-2-12-33(23)38)32-41(39,40)17-18-4-6-19(7-5-18)27(36)37/h1-9,12-13,24,32H,10-11,14-17,29H2,(H,30,34)(H,31,35)(H,36,37). The topological polar surface area (TPSA) is 195 Å². The molecular formula is C27H30ClN5O7S. The molecule has 3 rings (SSSR count). The number of carboxylic acids is 1. The van der Waals surface area contributed by atoms with Gasteiger partial charge in [-0.25, -0.2) is 17.9 Å². The van der Waals surface area contributed by atoms with Crippen LogP contribution in [0.2, 0.25) is 5.02 Å². The maximum Gasteiger partial charge on any atom is 0.335 e. The highest BCUT2D eigenvalue weighted by Crippen LogP contribution is 2.16. The predicted octanol–water partition coefficient (Wildman–Crippen LogP) is 0.984. The van der Waals surface area contributed by atoms with E-state index in [1.165, 1.54) is 36.5 Å². The summed E-state index contributed by atoms with van der Waals surface area (Å²) in [7, 11) is -4.09. The molecule has 0 saturated heterocycles. The largest absolute Gasteiger partial charge is 0.619 e. The van der Waals surface area contributed by atoms with Crippen molar-refractivity contribution in [1.82, 2.24) is 15.4 Å². The molecule has 41 heavy (non-hydrogen) atoms. The van der Waals surface area contributed by atoms with Gasteiger partial charge in [0.15, 0.2) is 11.9 Å². The molecule has 6 N–H and O–H groups in total. The number of pyridine rings is 1. The molecule has 1 heterocycles. The average molecular weight is 604 g/mol. The maximum atomic E-state index is 13.0. The molecular weight excluding hydrogens is 574 g/mol. The summed E-state index contributed by atoms with van der Waals surface area (Å²) in [6.07, 6.45) is 1.29. The molecule has 218 valence electrons. The predicted molar refractivity (Wildman–Crippen MR) is 151 cm³/mol. The summed E-state index contributed by atoms with van der Waals surface area (Å²) in [5, 5.41) is 26.7. The Kier molecular flexibility index (Phi) is 11.2. The van der Waals surface area contributed by atoms with Gasteiger partial charge in [0.1, 0.15) is 6.04 Å². The molecule has 0 aliphatic carbocycles. The third-order valence-electron chi connectivity index (χ3n) is 6.08. The van der Waals surface area contributed by atoms with E-state index in [-0.39, 0.29) is 31.5 Å². The number of carboxylic acid groups (broad SMARTS) is 1. The van der Waals surface area contributed by atoms with Crippen molar-refractivity contribution in [3.63, 3.8) is 0 Å². The monoisotopic (exact) mass is 603 g/mol. The van der Waals surface area contributed by atoms with Gasteiger partial charge in [-0.2, -0.15) is 4.73 Å². The van der Waals surface area contributed by atoms with E-state index in [1.807, 2.05) is 0 Å². The quantitative estimate of drug-likeness (QED) is 0.133. The van der Waals surface area contributed by atoms with Crippen molar-refractivity contribution in [2.75, 3.05) is 6.54 Å². The van der Waals surface area contributed by atoms with Crippen molar-refractivity contribution in [3.05, 3.63) is 105 Å². The van der Waals surface area contributed by atoms with E-state index < -0.39 is 46.1 Å². The molecule has 1 aromatic heterocycles. The number of nitrogens with two attached hydrogens (primary N) is 1. The van der Waals surface area contributed by atoms with Crippen molar-refractivity contribution in [2.24, 2.45) is 5.73 Å². The Labute approximate surface area is 242 Å². The van der Waals surface area contributed by atoms with Gasteiger partial charge < -0.3 is 26.7 Å². The Hall–Kier alpha value is -4.04. The van der Waals surface area contributed by atoms with Crippen LogP contribution in [0.1, 0.15) is 39.2 Å². The van der Waals surface area contributed by atoms with Crippen LogP contribution in [0.3, 0.4) is 0 Å².